The number of hydrogen-bond acceptors (Lipinski definition) is 3. The SMILES string of the molecule is Clc1cccc(-c2noc(CCC3CC3)n2)c1. The summed E-state index contributed by atoms with van der Waals surface area (Å²) in [6.45, 7) is 0. The van der Waals surface area contributed by atoms with Gasteiger partial charge in [0.1, 0.15) is 0 Å². The molecule has 1 saturated carbocycles. The van der Waals surface area contributed by atoms with E-state index in [0.29, 0.717) is 10.8 Å². The highest BCUT2D eigenvalue weighted by molar-refractivity contribution is 6.30. The van der Waals surface area contributed by atoms with Crippen molar-refractivity contribution in [1.29, 1.82) is 0 Å². The van der Waals surface area contributed by atoms with Gasteiger partial charge in [-0.25, -0.2) is 0 Å². The second-order valence-corrected chi connectivity index (χ2v) is 4.94. The summed E-state index contributed by atoms with van der Waals surface area (Å²) >= 11 is 5.93. The van der Waals surface area contributed by atoms with Crippen molar-refractivity contribution >= 4 is 11.6 Å². The summed E-state index contributed by atoms with van der Waals surface area (Å²) < 4.78 is 5.23. The Morgan fingerprint density at radius 1 is 1.35 bits per heavy atom. The zero-order valence-corrected chi connectivity index (χ0v) is 10.2. The lowest BCUT2D eigenvalue weighted by Crippen LogP contribution is -1.87. The van der Waals surface area contributed by atoms with Crippen molar-refractivity contribution in [2.45, 2.75) is 25.7 Å². The van der Waals surface area contributed by atoms with Crippen LogP contribution in [-0.4, -0.2) is 10.1 Å². The standard InChI is InChI=1S/C13H13ClN2O/c14-11-3-1-2-10(8-11)13-15-12(17-16-13)7-6-9-4-5-9/h1-3,8-9H,4-7H2. The van der Waals surface area contributed by atoms with Crippen LogP contribution >= 0.6 is 11.6 Å². The van der Waals surface area contributed by atoms with Gasteiger partial charge in [0.05, 0.1) is 0 Å². The predicted octanol–water partition coefficient (Wildman–Crippen LogP) is 3.73. The molecule has 2 aromatic rings. The van der Waals surface area contributed by atoms with E-state index in [4.69, 9.17) is 16.1 Å². The highest BCUT2D eigenvalue weighted by Gasteiger charge is 2.22. The molecule has 0 spiro atoms. The summed E-state index contributed by atoms with van der Waals surface area (Å²) in [4.78, 5) is 4.38. The Balaban J connectivity index is 1.74. The molecule has 0 saturated heterocycles. The van der Waals surface area contributed by atoms with Gasteiger partial charge >= 0.3 is 0 Å². The van der Waals surface area contributed by atoms with E-state index in [1.165, 1.54) is 12.8 Å². The molecule has 0 atom stereocenters. The van der Waals surface area contributed by atoms with Gasteiger partial charge in [-0.1, -0.05) is 41.7 Å². The molecule has 3 rings (SSSR count). The van der Waals surface area contributed by atoms with Crippen molar-refractivity contribution in [3.05, 3.63) is 35.2 Å². The molecule has 88 valence electrons. The van der Waals surface area contributed by atoms with E-state index >= 15 is 0 Å². The number of aromatic nitrogens is 2. The molecule has 3 nitrogen and oxygen atoms in total. The van der Waals surface area contributed by atoms with Crippen LogP contribution in [0, 0.1) is 5.92 Å². The lowest BCUT2D eigenvalue weighted by molar-refractivity contribution is 0.373. The Labute approximate surface area is 105 Å². The van der Waals surface area contributed by atoms with Gasteiger partial charge in [0.2, 0.25) is 11.7 Å². The van der Waals surface area contributed by atoms with Gasteiger partial charge in [0, 0.05) is 17.0 Å². The van der Waals surface area contributed by atoms with Gasteiger partial charge in [0.15, 0.2) is 0 Å². The fourth-order valence-corrected chi connectivity index (χ4v) is 2.03. The summed E-state index contributed by atoms with van der Waals surface area (Å²) in [7, 11) is 0. The lowest BCUT2D eigenvalue weighted by Gasteiger charge is -1.94. The summed E-state index contributed by atoms with van der Waals surface area (Å²) in [5.74, 6) is 2.24. The average molecular weight is 249 g/mol. The molecule has 0 bridgehead atoms. The Hall–Kier alpha value is -1.35. The van der Waals surface area contributed by atoms with Crippen molar-refractivity contribution < 1.29 is 4.52 Å². The molecule has 1 fully saturated rings. The summed E-state index contributed by atoms with van der Waals surface area (Å²) in [5.41, 5.74) is 0.902. The van der Waals surface area contributed by atoms with E-state index in [2.05, 4.69) is 10.1 Å². The molecule has 0 radical (unpaired) electrons. The number of hydrogen-bond donors (Lipinski definition) is 0. The smallest absolute Gasteiger partial charge is 0.226 e. The Kier molecular flexibility index (Phi) is 2.85. The van der Waals surface area contributed by atoms with Crippen molar-refractivity contribution in [2.24, 2.45) is 5.92 Å². The second-order valence-electron chi connectivity index (χ2n) is 4.50. The molecule has 1 aromatic heterocycles. The van der Waals surface area contributed by atoms with Crippen LogP contribution in [-0.2, 0) is 6.42 Å². The minimum atomic E-state index is 0.623. The van der Waals surface area contributed by atoms with Crippen molar-refractivity contribution in [2.75, 3.05) is 0 Å². The van der Waals surface area contributed by atoms with Gasteiger partial charge in [-0.3, -0.25) is 0 Å². The van der Waals surface area contributed by atoms with Crippen molar-refractivity contribution in [3.8, 4) is 11.4 Å². The third-order valence-electron chi connectivity index (χ3n) is 3.01. The number of rotatable bonds is 4. The molecule has 0 amide bonds. The molecule has 0 N–H and O–H groups in total. The second kappa shape index (κ2) is 4.49. The van der Waals surface area contributed by atoms with Crippen LogP contribution in [0.2, 0.25) is 5.02 Å². The van der Waals surface area contributed by atoms with E-state index < -0.39 is 0 Å². The van der Waals surface area contributed by atoms with E-state index in [-0.39, 0.29) is 0 Å². The number of benzene rings is 1. The van der Waals surface area contributed by atoms with E-state index in [1.54, 1.807) is 0 Å². The first kappa shape index (κ1) is 10.8. The maximum absolute atomic E-state index is 5.93. The van der Waals surface area contributed by atoms with Crippen LogP contribution in [0.15, 0.2) is 28.8 Å². The highest BCUT2D eigenvalue weighted by atomic mass is 35.5. The maximum atomic E-state index is 5.93. The number of aryl methyl sites for hydroxylation is 1. The molecule has 17 heavy (non-hydrogen) atoms. The van der Waals surface area contributed by atoms with Crippen LogP contribution < -0.4 is 0 Å². The molecule has 4 heteroatoms. The quantitative estimate of drug-likeness (QED) is 0.828. The highest BCUT2D eigenvalue weighted by Crippen LogP contribution is 2.33. The van der Waals surface area contributed by atoms with Gasteiger partial charge in [-0.05, 0) is 24.5 Å². The fraction of sp³-hybridized carbons (Fsp3) is 0.385. The summed E-state index contributed by atoms with van der Waals surface area (Å²) in [6.07, 6.45) is 4.76. The summed E-state index contributed by atoms with van der Waals surface area (Å²) in [6, 6.07) is 7.50. The van der Waals surface area contributed by atoms with Crippen LogP contribution in [0.5, 0.6) is 0 Å². The third kappa shape index (κ3) is 2.67. The number of nitrogens with zero attached hydrogens (tertiary/aromatic N) is 2. The van der Waals surface area contributed by atoms with Crippen LogP contribution in [0.25, 0.3) is 11.4 Å². The first-order chi connectivity index (χ1) is 8.31. The minimum absolute atomic E-state index is 0.623. The zero-order chi connectivity index (χ0) is 11.7. The Morgan fingerprint density at radius 3 is 3.00 bits per heavy atom. The molecule has 1 heterocycles. The van der Waals surface area contributed by atoms with E-state index in [1.807, 2.05) is 24.3 Å². The molecule has 1 aliphatic rings. The van der Waals surface area contributed by atoms with Gasteiger partial charge in [-0.2, -0.15) is 4.98 Å². The largest absolute Gasteiger partial charge is 0.339 e. The first-order valence-corrected chi connectivity index (χ1v) is 6.27. The predicted molar refractivity (Wildman–Crippen MR) is 65.8 cm³/mol. The summed E-state index contributed by atoms with van der Waals surface area (Å²) in [5, 5.41) is 4.67. The Bertz CT molecular complexity index is 520. The van der Waals surface area contributed by atoms with Gasteiger partial charge in [-0.15, -0.1) is 0 Å². The van der Waals surface area contributed by atoms with Gasteiger partial charge < -0.3 is 4.52 Å². The first-order valence-electron chi connectivity index (χ1n) is 5.90. The van der Waals surface area contributed by atoms with E-state index in [0.717, 1.165) is 30.2 Å². The fourth-order valence-electron chi connectivity index (χ4n) is 1.84. The van der Waals surface area contributed by atoms with Crippen LogP contribution in [0.3, 0.4) is 0 Å². The van der Waals surface area contributed by atoms with Crippen LogP contribution in [0.4, 0.5) is 0 Å². The lowest BCUT2D eigenvalue weighted by atomic mass is 10.2. The number of halogens is 1. The zero-order valence-electron chi connectivity index (χ0n) is 9.40. The van der Waals surface area contributed by atoms with Crippen molar-refractivity contribution in [1.82, 2.24) is 10.1 Å². The van der Waals surface area contributed by atoms with Crippen LogP contribution in [0.1, 0.15) is 25.2 Å². The minimum Gasteiger partial charge on any atom is -0.339 e. The molecule has 0 unspecified atom stereocenters. The average Bonchev–Trinajstić information content (AvgIpc) is 3.04. The molecule has 0 aliphatic heterocycles. The van der Waals surface area contributed by atoms with Crippen molar-refractivity contribution in [3.63, 3.8) is 0 Å². The third-order valence-corrected chi connectivity index (χ3v) is 3.25. The maximum Gasteiger partial charge on any atom is 0.226 e. The monoisotopic (exact) mass is 248 g/mol. The normalized spacial score (nSPS) is 15.1. The molecule has 1 aromatic carbocycles. The molecular weight excluding hydrogens is 236 g/mol. The van der Waals surface area contributed by atoms with Gasteiger partial charge in [0.25, 0.3) is 0 Å². The topological polar surface area (TPSA) is 38.9 Å². The van der Waals surface area contributed by atoms with E-state index in [9.17, 15) is 0 Å². The Morgan fingerprint density at radius 2 is 2.24 bits per heavy atom. The molecular formula is C13H13ClN2O. The molecule has 1 aliphatic carbocycles.